The number of hydrogen-bond donors (Lipinski definition) is 2. The van der Waals surface area contributed by atoms with E-state index in [4.69, 9.17) is 24.9 Å². The van der Waals surface area contributed by atoms with Crippen LogP contribution in [-0.2, 0) is 28.7 Å². The molecule has 3 heterocycles. The van der Waals surface area contributed by atoms with Gasteiger partial charge < -0.3 is 35.1 Å². The van der Waals surface area contributed by atoms with E-state index in [0.29, 0.717) is 47.5 Å². The van der Waals surface area contributed by atoms with E-state index in [0.717, 1.165) is 18.4 Å². The molecule has 56 heavy (non-hydrogen) atoms. The Bertz CT molecular complexity index is 2000. The molecule has 298 valence electrons. The smallest absolute Gasteiger partial charge is 0.332 e. The van der Waals surface area contributed by atoms with Crippen molar-refractivity contribution in [2.45, 2.75) is 89.9 Å². The minimum atomic E-state index is -1.29. The molecule has 0 radical (unpaired) electrons. The van der Waals surface area contributed by atoms with Crippen LogP contribution >= 0.6 is 0 Å². The fourth-order valence-electron chi connectivity index (χ4n) is 8.06. The predicted molar refractivity (Wildman–Crippen MR) is 210 cm³/mol. The molecular formula is C43H53N5O8. The highest BCUT2D eigenvalue weighted by Gasteiger charge is 2.62. The maximum atomic E-state index is 14.9. The second-order valence-electron chi connectivity index (χ2n) is 16.1. The second kappa shape index (κ2) is 16.3. The topological polar surface area (TPSA) is 170 Å². The molecule has 1 aliphatic carbocycles. The van der Waals surface area contributed by atoms with Gasteiger partial charge in [-0.1, -0.05) is 57.2 Å². The van der Waals surface area contributed by atoms with Crippen LogP contribution in [0, 0.1) is 17.3 Å². The quantitative estimate of drug-likeness (QED) is 0.183. The number of ether oxygens (including phenoxy) is 3. The van der Waals surface area contributed by atoms with Crippen LogP contribution in [0.25, 0.3) is 22.2 Å². The summed E-state index contributed by atoms with van der Waals surface area (Å²) < 4.78 is 17.6. The Morgan fingerprint density at radius 1 is 1.05 bits per heavy atom. The molecule has 0 spiro atoms. The van der Waals surface area contributed by atoms with Crippen LogP contribution in [0.15, 0.2) is 67.3 Å². The Balaban J connectivity index is 1.35. The van der Waals surface area contributed by atoms with Crippen LogP contribution in [0.5, 0.6) is 11.5 Å². The molecule has 3 aliphatic rings. The number of nitrogens with one attached hydrogen (secondary N) is 1. The zero-order valence-electron chi connectivity index (χ0n) is 32.9. The first-order chi connectivity index (χ1) is 26.7. The molecule has 2 aliphatic heterocycles. The van der Waals surface area contributed by atoms with E-state index in [2.05, 4.69) is 11.9 Å². The normalized spacial score (nSPS) is 23.9. The number of aromatic nitrogens is 1. The van der Waals surface area contributed by atoms with Crippen LogP contribution < -0.4 is 20.5 Å². The first-order valence-corrected chi connectivity index (χ1v) is 19.4. The number of primary amides is 1. The van der Waals surface area contributed by atoms with Crippen molar-refractivity contribution in [3.63, 3.8) is 0 Å². The highest BCUT2D eigenvalue weighted by Crippen LogP contribution is 2.46. The Morgan fingerprint density at radius 3 is 2.45 bits per heavy atom. The van der Waals surface area contributed by atoms with Crippen LogP contribution in [-0.4, -0.2) is 94.9 Å². The lowest BCUT2D eigenvalue weighted by atomic mass is 9.77. The van der Waals surface area contributed by atoms with Crippen LogP contribution in [0.3, 0.4) is 0 Å². The molecule has 2 aromatic carbocycles. The summed E-state index contributed by atoms with van der Waals surface area (Å²) in [7, 11) is 1.58. The van der Waals surface area contributed by atoms with Gasteiger partial charge in [0.15, 0.2) is 0 Å². The highest BCUT2D eigenvalue weighted by atomic mass is 16.5. The van der Waals surface area contributed by atoms with Crippen molar-refractivity contribution in [3.8, 4) is 22.8 Å². The molecule has 1 saturated carbocycles. The predicted octanol–water partition coefficient (Wildman–Crippen LogP) is 4.80. The van der Waals surface area contributed by atoms with Gasteiger partial charge in [-0.2, -0.15) is 0 Å². The second-order valence-corrected chi connectivity index (χ2v) is 16.1. The molecule has 13 heteroatoms. The summed E-state index contributed by atoms with van der Waals surface area (Å²) in [5, 5.41) is 3.66. The van der Waals surface area contributed by atoms with Crippen molar-refractivity contribution < 1.29 is 38.2 Å². The van der Waals surface area contributed by atoms with E-state index < -0.39 is 58.8 Å². The molecule has 0 bridgehead atoms. The number of esters is 1. The summed E-state index contributed by atoms with van der Waals surface area (Å²) in [6.07, 6.45) is 3.20. The Kier molecular flexibility index (Phi) is 11.7. The third kappa shape index (κ3) is 8.22. The lowest BCUT2D eigenvalue weighted by Crippen LogP contribution is -2.55. The number of rotatable bonds is 13. The molecule has 1 aromatic heterocycles. The Labute approximate surface area is 327 Å². The molecule has 3 unspecified atom stereocenters. The zero-order valence-corrected chi connectivity index (χ0v) is 32.9. The Morgan fingerprint density at radius 2 is 1.80 bits per heavy atom. The molecule has 6 rings (SSSR count). The van der Waals surface area contributed by atoms with E-state index >= 15 is 0 Å². The number of pyridine rings is 1. The van der Waals surface area contributed by atoms with Gasteiger partial charge in [-0.25, -0.2) is 9.78 Å². The summed E-state index contributed by atoms with van der Waals surface area (Å²) in [4.78, 5) is 76.6. The number of piperidine rings is 1. The van der Waals surface area contributed by atoms with Gasteiger partial charge in [-0.05, 0) is 50.2 Å². The Hall–Kier alpha value is -5.46. The van der Waals surface area contributed by atoms with Crippen molar-refractivity contribution in [1.82, 2.24) is 20.1 Å². The van der Waals surface area contributed by atoms with Gasteiger partial charge in [0.25, 0.3) is 0 Å². The average molecular weight is 768 g/mol. The molecule has 4 amide bonds. The third-order valence-corrected chi connectivity index (χ3v) is 11.3. The summed E-state index contributed by atoms with van der Waals surface area (Å²) in [6, 6.07) is 15.2. The molecule has 3 fully saturated rings. The maximum absolute atomic E-state index is 14.9. The lowest BCUT2D eigenvalue weighted by molar-refractivity contribution is -0.152. The van der Waals surface area contributed by atoms with Gasteiger partial charge >= 0.3 is 5.97 Å². The first-order valence-electron chi connectivity index (χ1n) is 19.4. The number of hydrogen-bond acceptors (Lipinski definition) is 9. The number of fused-ring (bicyclic) bond motifs is 1. The number of benzene rings is 2. The third-order valence-electron chi connectivity index (χ3n) is 11.3. The van der Waals surface area contributed by atoms with Crippen molar-refractivity contribution in [3.05, 3.63) is 67.3 Å². The lowest BCUT2D eigenvalue weighted by Gasteiger charge is -2.38. The molecule has 6 atom stereocenters. The number of carbonyl (C=O) groups is 5. The summed E-state index contributed by atoms with van der Waals surface area (Å²) >= 11 is 0. The molecule has 3 aromatic rings. The van der Waals surface area contributed by atoms with Gasteiger partial charge in [0, 0.05) is 48.4 Å². The number of methoxy groups -OCH3 is 1. The van der Waals surface area contributed by atoms with Gasteiger partial charge in [-0.3, -0.25) is 19.2 Å². The molecule has 3 N–H and O–H groups in total. The monoisotopic (exact) mass is 767 g/mol. The maximum Gasteiger partial charge on any atom is 0.332 e. The van der Waals surface area contributed by atoms with Crippen molar-refractivity contribution in [2.75, 3.05) is 26.8 Å². The average Bonchev–Trinajstić information content (AvgIpc) is 3.74. The van der Waals surface area contributed by atoms with Gasteiger partial charge in [0.05, 0.1) is 37.4 Å². The first kappa shape index (κ1) is 40.2. The van der Waals surface area contributed by atoms with Crippen LogP contribution in [0.2, 0.25) is 0 Å². The van der Waals surface area contributed by atoms with Crippen molar-refractivity contribution >= 4 is 40.5 Å². The number of amides is 4. The SMILES string of the molecule is C=CC1CC1(NC(=O)[C@@H]1C[C@@H](Oc2cc(-c3ccccc3)nc3cc(OC)ccc23)CN1C(=O)[C@@H](CC(=O)N1CCCCC1C(N)=O)C(C)(C)C)C(=O)OCC. The van der Waals surface area contributed by atoms with Gasteiger partial charge in [-0.15, -0.1) is 6.58 Å². The summed E-state index contributed by atoms with van der Waals surface area (Å²) in [5.74, 6) is -2.45. The van der Waals surface area contributed by atoms with Crippen LogP contribution in [0.1, 0.15) is 66.2 Å². The van der Waals surface area contributed by atoms with Crippen LogP contribution in [0.4, 0.5) is 0 Å². The van der Waals surface area contributed by atoms with E-state index in [1.54, 1.807) is 20.1 Å². The van der Waals surface area contributed by atoms with Gasteiger partial charge in [0.2, 0.25) is 23.6 Å². The number of likely N-dealkylation sites (tertiary alicyclic amines) is 2. The van der Waals surface area contributed by atoms with Crippen molar-refractivity contribution in [1.29, 1.82) is 0 Å². The minimum Gasteiger partial charge on any atom is -0.497 e. The summed E-state index contributed by atoms with van der Waals surface area (Å²) in [6.45, 7) is 11.7. The van der Waals surface area contributed by atoms with E-state index in [1.165, 1.54) is 9.80 Å². The van der Waals surface area contributed by atoms with Crippen molar-refractivity contribution in [2.24, 2.45) is 23.0 Å². The highest BCUT2D eigenvalue weighted by molar-refractivity contribution is 5.97. The summed E-state index contributed by atoms with van der Waals surface area (Å²) in [5.41, 5.74) is 5.87. The van der Waals surface area contributed by atoms with E-state index in [1.807, 2.05) is 75.4 Å². The fraction of sp³-hybridized carbons (Fsp3) is 0.488. The number of nitrogens with zero attached hydrogens (tertiary/aromatic N) is 3. The number of nitrogens with two attached hydrogens (primary N) is 1. The molecular weight excluding hydrogens is 714 g/mol. The largest absolute Gasteiger partial charge is 0.497 e. The number of carbonyl (C=O) groups excluding carboxylic acids is 5. The van der Waals surface area contributed by atoms with E-state index in [-0.39, 0.29) is 37.8 Å². The van der Waals surface area contributed by atoms with Gasteiger partial charge in [0.1, 0.15) is 35.2 Å². The molecule has 2 saturated heterocycles. The zero-order chi connectivity index (χ0) is 40.4. The fourth-order valence-corrected chi connectivity index (χ4v) is 8.06. The van der Waals surface area contributed by atoms with E-state index in [9.17, 15) is 24.0 Å². The molecule has 13 nitrogen and oxygen atoms in total. The minimum absolute atomic E-state index is 0.0310. The standard InChI is InChI=1S/C43H53N5O8/c1-7-27-24-43(27,41(53)55-8-2)46-39(51)35-21-29(56-36-23-32(26-14-10-9-11-15-26)45-33-20-28(54-6)17-18-30(33)36)25-48(35)40(52)31(42(3,4)5)22-37(49)47-19-13-12-16-34(47)38(44)50/h7,9-11,14-15,17-18,20,23,27,29,31,34-35H,1,8,12-13,16,19,21-22,24-25H2,2-6H3,(H2,44,50)(H,46,51)/t27?,29-,31-,34?,35+,43?/m1/s1.